The van der Waals surface area contributed by atoms with E-state index < -0.39 is 10.2 Å². The second-order valence-electron chi connectivity index (χ2n) is 5.11. The normalized spacial score (nSPS) is 29.1. The molecule has 2 saturated heterocycles. The number of nitrogens with one attached hydrogen (secondary N) is 1. The Bertz CT molecular complexity index is 363. The van der Waals surface area contributed by atoms with Crippen LogP contribution in [0.5, 0.6) is 0 Å². The number of hydrogen-bond acceptors (Lipinski definition) is 3. The van der Waals surface area contributed by atoms with Crippen LogP contribution in [0.4, 0.5) is 0 Å². The molecule has 5 nitrogen and oxygen atoms in total. The lowest BCUT2D eigenvalue weighted by molar-refractivity contribution is 0.342. The predicted molar refractivity (Wildman–Crippen MR) is 75.2 cm³/mol. The fourth-order valence-electron chi connectivity index (χ4n) is 2.75. The van der Waals surface area contributed by atoms with Crippen LogP contribution in [-0.4, -0.2) is 55.8 Å². The molecule has 0 aromatic carbocycles. The van der Waals surface area contributed by atoms with Crippen molar-refractivity contribution < 1.29 is 8.42 Å². The van der Waals surface area contributed by atoms with Crippen LogP contribution >= 0.6 is 12.4 Å². The van der Waals surface area contributed by atoms with Gasteiger partial charge in [-0.3, -0.25) is 0 Å². The van der Waals surface area contributed by atoms with Crippen molar-refractivity contribution in [3.8, 4) is 0 Å². The first-order valence-corrected chi connectivity index (χ1v) is 7.91. The molecule has 0 aromatic heterocycles. The topological polar surface area (TPSA) is 52.7 Å². The highest BCUT2D eigenvalue weighted by atomic mass is 35.5. The molecular formula is C11H24ClN3O2S. The molecule has 2 atom stereocenters. The molecule has 2 bridgehead atoms. The summed E-state index contributed by atoms with van der Waals surface area (Å²) in [6.07, 6.45) is 4.10. The molecule has 0 saturated carbocycles. The molecule has 0 spiro atoms. The van der Waals surface area contributed by atoms with E-state index in [4.69, 9.17) is 0 Å². The number of fused-ring (bicyclic) bond motifs is 2. The second kappa shape index (κ2) is 6.52. The summed E-state index contributed by atoms with van der Waals surface area (Å²) in [6.45, 7) is 3.88. The molecular weight excluding hydrogens is 274 g/mol. The van der Waals surface area contributed by atoms with Gasteiger partial charge in [-0.25, -0.2) is 0 Å². The summed E-state index contributed by atoms with van der Waals surface area (Å²) < 4.78 is 27.8. The van der Waals surface area contributed by atoms with Crippen molar-refractivity contribution in [1.82, 2.24) is 13.9 Å². The Balaban J connectivity index is 0.00000162. The monoisotopic (exact) mass is 297 g/mol. The Hall–Kier alpha value is 0.120. The lowest BCUT2D eigenvalue weighted by Crippen LogP contribution is -2.45. The summed E-state index contributed by atoms with van der Waals surface area (Å²) in [5.74, 6) is 0. The molecule has 0 aliphatic carbocycles. The summed E-state index contributed by atoms with van der Waals surface area (Å²) >= 11 is 0. The maximum Gasteiger partial charge on any atom is 0.281 e. The maximum absolute atomic E-state index is 12.3. The summed E-state index contributed by atoms with van der Waals surface area (Å²) in [5.41, 5.74) is 0. The van der Waals surface area contributed by atoms with Crippen molar-refractivity contribution >= 4 is 22.6 Å². The fourth-order valence-corrected chi connectivity index (χ4v) is 4.26. The van der Waals surface area contributed by atoms with Crippen molar-refractivity contribution in [1.29, 1.82) is 0 Å². The standard InChI is InChI=1S/C11H23N3O2S.ClH/c1-3-7-13(2)17(15,16)14-8-6-10-4-5-11(9-14)12-10;/h10-12H,3-9H2,1-2H3;1H. The maximum atomic E-state index is 12.3. The van der Waals surface area contributed by atoms with Crippen molar-refractivity contribution in [2.75, 3.05) is 26.7 Å². The molecule has 0 amide bonds. The third-order valence-corrected chi connectivity index (χ3v) is 5.70. The van der Waals surface area contributed by atoms with Crippen LogP contribution in [-0.2, 0) is 10.2 Å². The average molecular weight is 298 g/mol. The molecule has 18 heavy (non-hydrogen) atoms. The lowest BCUT2D eigenvalue weighted by Gasteiger charge is -2.28. The quantitative estimate of drug-likeness (QED) is 0.836. The van der Waals surface area contributed by atoms with Gasteiger partial charge in [0.05, 0.1) is 0 Å². The minimum absolute atomic E-state index is 0. The van der Waals surface area contributed by atoms with E-state index in [0.717, 1.165) is 19.3 Å². The van der Waals surface area contributed by atoms with Gasteiger partial charge in [-0.1, -0.05) is 6.92 Å². The first-order chi connectivity index (χ1) is 8.04. The first-order valence-electron chi connectivity index (χ1n) is 6.51. The van der Waals surface area contributed by atoms with Crippen molar-refractivity contribution in [3.05, 3.63) is 0 Å². The number of halogens is 1. The van der Waals surface area contributed by atoms with Gasteiger partial charge in [0.1, 0.15) is 0 Å². The van der Waals surface area contributed by atoms with Gasteiger partial charge in [0.15, 0.2) is 0 Å². The van der Waals surface area contributed by atoms with Crippen LogP contribution in [0, 0.1) is 0 Å². The molecule has 0 aromatic rings. The Morgan fingerprint density at radius 2 is 1.94 bits per heavy atom. The molecule has 2 heterocycles. The van der Waals surface area contributed by atoms with Gasteiger partial charge in [-0.2, -0.15) is 17.0 Å². The van der Waals surface area contributed by atoms with Crippen molar-refractivity contribution in [3.63, 3.8) is 0 Å². The summed E-state index contributed by atoms with van der Waals surface area (Å²) in [4.78, 5) is 0. The van der Waals surface area contributed by atoms with Crippen LogP contribution < -0.4 is 5.32 Å². The number of rotatable bonds is 4. The van der Waals surface area contributed by atoms with Crippen molar-refractivity contribution in [2.45, 2.75) is 44.7 Å². The van der Waals surface area contributed by atoms with Gasteiger partial charge in [-0.05, 0) is 25.7 Å². The fraction of sp³-hybridized carbons (Fsp3) is 1.00. The molecule has 2 aliphatic rings. The second-order valence-corrected chi connectivity index (χ2v) is 7.15. The minimum atomic E-state index is -3.24. The molecule has 2 fully saturated rings. The molecule has 1 N–H and O–H groups in total. The van der Waals surface area contributed by atoms with E-state index in [9.17, 15) is 8.42 Å². The number of hydrogen-bond donors (Lipinski definition) is 1. The van der Waals surface area contributed by atoms with E-state index in [1.165, 1.54) is 10.7 Å². The minimum Gasteiger partial charge on any atom is -0.310 e. The van der Waals surface area contributed by atoms with E-state index in [0.29, 0.717) is 31.7 Å². The summed E-state index contributed by atoms with van der Waals surface area (Å²) in [5, 5.41) is 3.50. The zero-order valence-corrected chi connectivity index (χ0v) is 12.8. The Labute approximate surface area is 116 Å². The van der Waals surface area contributed by atoms with E-state index >= 15 is 0 Å². The molecule has 0 radical (unpaired) electrons. The zero-order valence-electron chi connectivity index (χ0n) is 11.1. The Morgan fingerprint density at radius 3 is 2.61 bits per heavy atom. The summed E-state index contributed by atoms with van der Waals surface area (Å²) in [7, 11) is -1.57. The highest BCUT2D eigenvalue weighted by molar-refractivity contribution is 7.86. The largest absolute Gasteiger partial charge is 0.310 e. The van der Waals surface area contributed by atoms with Gasteiger partial charge in [-0.15, -0.1) is 12.4 Å². The predicted octanol–water partition coefficient (Wildman–Crippen LogP) is 0.821. The first kappa shape index (κ1) is 16.2. The zero-order chi connectivity index (χ0) is 12.5. The van der Waals surface area contributed by atoms with E-state index in [1.54, 1.807) is 11.4 Å². The average Bonchev–Trinajstić information content (AvgIpc) is 2.58. The third kappa shape index (κ3) is 3.36. The van der Waals surface area contributed by atoms with E-state index in [2.05, 4.69) is 5.32 Å². The van der Waals surface area contributed by atoms with Crippen LogP contribution in [0.1, 0.15) is 32.6 Å². The van der Waals surface area contributed by atoms with Gasteiger partial charge < -0.3 is 5.32 Å². The molecule has 2 unspecified atom stereocenters. The number of nitrogens with zero attached hydrogens (tertiary/aromatic N) is 2. The van der Waals surface area contributed by atoms with Crippen LogP contribution in [0.2, 0.25) is 0 Å². The van der Waals surface area contributed by atoms with Crippen LogP contribution in [0.25, 0.3) is 0 Å². The van der Waals surface area contributed by atoms with Gasteiger partial charge in [0, 0.05) is 38.8 Å². The highest BCUT2D eigenvalue weighted by Crippen LogP contribution is 2.22. The Morgan fingerprint density at radius 1 is 1.28 bits per heavy atom. The molecule has 108 valence electrons. The van der Waals surface area contributed by atoms with Crippen LogP contribution in [0.3, 0.4) is 0 Å². The Kier molecular flexibility index (Phi) is 5.86. The molecule has 2 rings (SSSR count). The van der Waals surface area contributed by atoms with Gasteiger partial charge >= 0.3 is 0 Å². The van der Waals surface area contributed by atoms with E-state index in [1.807, 2.05) is 6.92 Å². The molecule has 2 aliphatic heterocycles. The SMILES string of the molecule is CCCN(C)S(=O)(=O)N1CCC2CCC(C1)N2.Cl. The van der Waals surface area contributed by atoms with Gasteiger partial charge in [0.2, 0.25) is 0 Å². The lowest BCUT2D eigenvalue weighted by atomic mass is 10.1. The smallest absolute Gasteiger partial charge is 0.281 e. The van der Waals surface area contributed by atoms with E-state index in [-0.39, 0.29) is 12.4 Å². The third-order valence-electron chi connectivity index (χ3n) is 3.74. The van der Waals surface area contributed by atoms with Gasteiger partial charge in [0.25, 0.3) is 10.2 Å². The van der Waals surface area contributed by atoms with Crippen LogP contribution in [0.15, 0.2) is 0 Å². The highest BCUT2D eigenvalue weighted by Gasteiger charge is 2.35. The van der Waals surface area contributed by atoms with Crippen molar-refractivity contribution in [2.24, 2.45) is 0 Å². The summed E-state index contributed by atoms with van der Waals surface area (Å²) in [6, 6.07) is 0.879. The molecule has 7 heteroatoms.